The van der Waals surface area contributed by atoms with Gasteiger partial charge in [0.1, 0.15) is 11.9 Å². The third-order valence-electron chi connectivity index (χ3n) is 2.73. The molecule has 0 atom stereocenters. The monoisotopic (exact) mass is 196 g/mol. The number of hydrogen-bond acceptors (Lipinski definition) is 3. The van der Waals surface area contributed by atoms with Crippen molar-refractivity contribution in [2.24, 2.45) is 0 Å². The summed E-state index contributed by atoms with van der Waals surface area (Å²) in [7, 11) is 1.57. The summed E-state index contributed by atoms with van der Waals surface area (Å²) in [5.74, 6) is -0.00116. The van der Waals surface area contributed by atoms with Crippen LogP contribution < -0.4 is 0 Å². The Balaban J connectivity index is 2.95. The molecule has 1 heterocycles. The molecule has 0 fully saturated rings. The van der Waals surface area contributed by atoms with Crippen molar-refractivity contribution >= 4 is 5.78 Å². The fraction of sp³-hybridized carbons (Fsp3) is 0.545. The molecule has 0 aliphatic heterocycles. The lowest BCUT2D eigenvalue weighted by Gasteiger charge is -2.27. The molecule has 1 aromatic heterocycles. The lowest BCUT2D eigenvalue weighted by molar-refractivity contribution is -0.00266. The van der Waals surface area contributed by atoms with E-state index in [1.54, 1.807) is 13.2 Å². The Morgan fingerprint density at radius 1 is 1.50 bits per heavy atom. The minimum atomic E-state index is -0.691. The van der Waals surface area contributed by atoms with E-state index in [0.717, 1.165) is 0 Å². The number of Topliss-reactive ketones (excluding diaryl/α,β-unsaturated/α-hetero) is 1. The standard InChI is InChI=1S/C11H16O3/c1-4-11(5-2,13-3)10(12)9-6-7-14-8-9/h6-8H,4-5H2,1-3H3. The van der Waals surface area contributed by atoms with Gasteiger partial charge in [0.15, 0.2) is 5.78 Å². The zero-order valence-corrected chi connectivity index (χ0v) is 8.87. The lowest BCUT2D eigenvalue weighted by atomic mass is 9.89. The quantitative estimate of drug-likeness (QED) is 0.679. The molecule has 0 amide bonds. The first-order valence-electron chi connectivity index (χ1n) is 4.82. The molecule has 0 unspecified atom stereocenters. The first-order chi connectivity index (χ1) is 6.70. The van der Waals surface area contributed by atoms with Crippen molar-refractivity contribution in [3.63, 3.8) is 0 Å². The number of furan rings is 1. The molecular weight excluding hydrogens is 180 g/mol. The van der Waals surface area contributed by atoms with E-state index in [1.165, 1.54) is 12.5 Å². The van der Waals surface area contributed by atoms with Crippen LogP contribution in [0.4, 0.5) is 0 Å². The maximum Gasteiger partial charge on any atom is 0.197 e. The Morgan fingerprint density at radius 3 is 2.50 bits per heavy atom. The van der Waals surface area contributed by atoms with Gasteiger partial charge in [0, 0.05) is 7.11 Å². The zero-order valence-electron chi connectivity index (χ0n) is 8.87. The number of carbonyl (C=O) groups excluding carboxylic acids is 1. The number of carbonyl (C=O) groups is 1. The smallest absolute Gasteiger partial charge is 0.197 e. The summed E-state index contributed by atoms with van der Waals surface area (Å²) in [6, 6.07) is 1.67. The fourth-order valence-electron chi connectivity index (χ4n) is 1.61. The van der Waals surface area contributed by atoms with Crippen molar-refractivity contribution in [1.82, 2.24) is 0 Å². The predicted octanol–water partition coefficient (Wildman–Crippen LogP) is 2.67. The van der Waals surface area contributed by atoms with E-state index < -0.39 is 5.60 Å². The van der Waals surface area contributed by atoms with Crippen molar-refractivity contribution < 1.29 is 13.9 Å². The second-order valence-electron chi connectivity index (χ2n) is 3.25. The Hall–Kier alpha value is -1.09. The van der Waals surface area contributed by atoms with E-state index in [-0.39, 0.29) is 5.78 Å². The minimum Gasteiger partial charge on any atom is -0.472 e. The molecule has 0 N–H and O–H groups in total. The van der Waals surface area contributed by atoms with Crippen molar-refractivity contribution in [2.75, 3.05) is 7.11 Å². The minimum absolute atomic E-state index is 0.00116. The first kappa shape index (κ1) is 11.0. The zero-order chi connectivity index (χ0) is 10.6. The molecule has 0 aromatic carbocycles. The molecule has 1 rings (SSSR count). The molecule has 0 radical (unpaired) electrons. The van der Waals surface area contributed by atoms with Gasteiger partial charge >= 0.3 is 0 Å². The number of rotatable bonds is 5. The number of methoxy groups -OCH3 is 1. The second-order valence-corrected chi connectivity index (χ2v) is 3.25. The molecule has 78 valence electrons. The highest BCUT2D eigenvalue weighted by atomic mass is 16.5. The van der Waals surface area contributed by atoms with Gasteiger partial charge in [-0.2, -0.15) is 0 Å². The normalized spacial score (nSPS) is 11.6. The largest absolute Gasteiger partial charge is 0.472 e. The molecule has 3 nitrogen and oxygen atoms in total. The van der Waals surface area contributed by atoms with Gasteiger partial charge in [-0.1, -0.05) is 13.8 Å². The predicted molar refractivity (Wildman–Crippen MR) is 53.4 cm³/mol. The van der Waals surface area contributed by atoms with Crippen molar-refractivity contribution in [2.45, 2.75) is 32.3 Å². The topological polar surface area (TPSA) is 39.4 Å². The average molecular weight is 196 g/mol. The highest BCUT2D eigenvalue weighted by Gasteiger charge is 2.35. The molecule has 14 heavy (non-hydrogen) atoms. The molecule has 0 spiro atoms. The van der Waals surface area contributed by atoms with Crippen LogP contribution in [-0.2, 0) is 4.74 Å². The average Bonchev–Trinajstić information content (AvgIpc) is 2.74. The summed E-state index contributed by atoms with van der Waals surface area (Å²) >= 11 is 0. The first-order valence-corrected chi connectivity index (χ1v) is 4.82. The summed E-state index contributed by atoms with van der Waals surface area (Å²) in [4.78, 5) is 12.0. The van der Waals surface area contributed by atoms with E-state index in [0.29, 0.717) is 18.4 Å². The van der Waals surface area contributed by atoms with E-state index in [4.69, 9.17) is 9.15 Å². The van der Waals surface area contributed by atoms with Crippen LogP contribution in [0.15, 0.2) is 23.0 Å². The summed E-state index contributed by atoms with van der Waals surface area (Å²) in [6.07, 6.45) is 4.30. The molecular formula is C11H16O3. The lowest BCUT2D eigenvalue weighted by Crippen LogP contribution is -2.39. The van der Waals surface area contributed by atoms with Crippen LogP contribution in [-0.4, -0.2) is 18.5 Å². The Bertz CT molecular complexity index is 275. The van der Waals surface area contributed by atoms with Crippen molar-refractivity contribution in [1.29, 1.82) is 0 Å². The van der Waals surface area contributed by atoms with Crippen LogP contribution in [0, 0.1) is 0 Å². The van der Waals surface area contributed by atoms with Gasteiger partial charge in [-0.3, -0.25) is 4.79 Å². The number of ether oxygens (including phenoxy) is 1. The summed E-state index contributed by atoms with van der Waals surface area (Å²) in [6.45, 7) is 3.90. The van der Waals surface area contributed by atoms with Crippen LogP contribution in [0.1, 0.15) is 37.0 Å². The van der Waals surface area contributed by atoms with E-state index in [2.05, 4.69) is 0 Å². The van der Waals surface area contributed by atoms with E-state index >= 15 is 0 Å². The third kappa shape index (κ3) is 1.73. The number of ketones is 1. The van der Waals surface area contributed by atoms with Gasteiger partial charge in [-0.05, 0) is 18.9 Å². The van der Waals surface area contributed by atoms with Gasteiger partial charge in [0.2, 0.25) is 0 Å². The van der Waals surface area contributed by atoms with Gasteiger partial charge < -0.3 is 9.15 Å². The van der Waals surface area contributed by atoms with Crippen LogP contribution in [0.2, 0.25) is 0 Å². The SMILES string of the molecule is CCC(CC)(OC)C(=O)c1ccoc1. The number of hydrogen-bond donors (Lipinski definition) is 0. The van der Waals surface area contributed by atoms with Gasteiger partial charge in [-0.25, -0.2) is 0 Å². The summed E-state index contributed by atoms with van der Waals surface area (Å²) < 4.78 is 10.2. The highest BCUT2D eigenvalue weighted by molar-refractivity contribution is 6.02. The van der Waals surface area contributed by atoms with Crippen molar-refractivity contribution in [3.05, 3.63) is 24.2 Å². The van der Waals surface area contributed by atoms with Crippen LogP contribution in [0.3, 0.4) is 0 Å². The molecule has 3 heteroatoms. The molecule has 0 saturated heterocycles. The molecule has 0 aliphatic carbocycles. The molecule has 0 bridgehead atoms. The molecule has 0 saturated carbocycles. The molecule has 1 aromatic rings. The maximum absolute atomic E-state index is 12.0. The van der Waals surface area contributed by atoms with Gasteiger partial charge in [0.05, 0.1) is 11.8 Å². The Morgan fingerprint density at radius 2 is 2.14 bits per heavy atom. The van der Waals surface area contributed by atoms with Crippen LogP contribution >= 0.6 is 0 Å². The highest BCUT2D eigenvalue weighted by Crippen LogP contribution is 2.25. The van der Waals surface area contributed by atoms with E-state index in [1.807, 2.05) is 13.8 Å². The Labute approximate surface area is 84.1 Å². The second kappa shape index (κ2) is 4.42. The summed E-state index contributed by atoms with van der Waals surface area (Å²) in [5, 5.41) is 0. The Kier molecular flexibility index (Phi) is 3.47. The van der Waals surface area contributed by atoms with Gasteiger partial charge in [0.25, 0.3) is 0 Å². The molecule has 0 aliphatic rings. The maximum atomic E-state index is 12.0. The van der Waals surface area contributed by atoms with Crippen molar-refractivity contribution in [3.8, 4) is 0 Å². The van der Waals surface area contributed by atoms with Crippen LogP contribution in [0.5, 0.6) is 0 Å². The fourth-order valence-corrected chi connectivity index (χ4v) is 1.61. The van der Waals surface area contributed by atoms with E-state index in [9.17, 15) is 4.79 Å². The van der Waals surface area contributed by atoms with Gasteiger partial charge in [-0.15, -0.1) is 0 Å². The summed E-state index contributed by atoms with van der Waals surface area (Å²) in [5.41, 5.74) is -0.111. The van der Waals surface area contributed by atoms with Crippen LogP contribution in [0.25, 0.3) is 0 Å². The third-order valence-corrected chi connectivity index (χ3v) is 2.73.